The summed E-state index contributed by atoms with van der Waals surface area (Å²) < 4.78 is 7.38. The zero-order valence-electron chi connectivity index (χ0n) is 15.1. The number of benzene rings is 1. The maximum absolute atomic E-state index is 12.8. The molecule has 1 aliphatic heterocycles. The van der Waals surface area contributed by atoms with Crippen LogP contribution in [0.4, 0.5) is 0 Å². The summed E-state index contributed by atoms with van der Waals surface area (Å²) in [5, 5.41) is 0.573. The fourth-order valence-corrected chi connectivity index (χ4v) is 3.84. The number of carbonyl (C=O) groups excluding carboxylic acids is 1. The zero-order chi connectivity index (χ0) is 18.8. The van der Waals surface area contributed by atoms with E-state index in [0.29, 0.717) is 36.8 Å². The topological polar surface area (TPSA) is 60.2 Å². The molecule has 1 fully saturated rings. The second-order valence-corrected chi connectivity index (χ2v) is 7.14. The molecule has 140 valence electrons. The summed E-state index contributed by atoms with van der Waals surface area (Å²) in [7, 11) is 1.69. The number of aromatic nitrogens is 3. The van der Waals surface area contributed by atoms with Gasteiger partial charge in [-0.1, -0.05) is 17.7 Å². The number of ether oxygens (including phenoxy) is 1. The third-order valence-electron chi connectivity index (χ3n) is 4.96. The molecule has 0 saturated carbocycles. The summed E-state index contributed by atoms with van der Waals surface area (Å²) >= 11 is 6.03. The fraction of sp³-hybridized carbons (Fsp3) is 0.350. The normalized spacial score (nSPS) is 17.0. The van der Waals surface area contributed by atoms with Crippen LogP contribution < -0.4 is 0 Å². The molecule has 0 N–H and O–H groups in total. The lowest BCUT2D eigenvalue weighted by Crippen LogP contribution is -2.28. The van der Waals surface area contributed by atoms with Crippen LogP contribution in [0.25, 0.3) is 11.2 Å². The molecule has 0 radical (unpaired) electrons. The Morgan fingerprint density at radius 2 is 2.22 bits per heavy atom. The molecular formula is C20H21ClN4O2. The Morgan fingerprint density at radius 1 is 1.33 bits per heavy atom. The van der Waals surface area contributed by atoms with Crippen molar-refractivity contribution >= 4 is 28.7 Å². The molecule has 1 atom stereocenters. The van der Waals surface area contributed by atoms with Gasteiger partial charge in [-0.3, -0.25) is 4.79 Å². The van der Waals surface area contributed by atoms with Crippen LogP contribution in [0.2, 0.25) is 5.02 Å². The number of fused-ring (bicyclic) bond motifs is 1. The van der Waals surface area contributed by atoms with E-state index < -0.39 is 0 Å². The average molecular weight is 385 g/mol. The van der Waals surface area contributed by atoms with E-state index in [4.69, 9.17) is 21.3 Å². The number of carbonyl (C=O) groups is 1. The fourth-order valence-electron chi connectivity index (χ4n) is 3.65. The van der Waals surface area contributed by atoms with E-state index >= 15 is 0 Å². The number of hydrogen-bond acceptors (Lipinski definition) is 4. The maximum Gasteiger partial charge on any atom is 0.253 e. The van der Waals surface area contributed by atoms with Gasteiger partial charge in [0, 0.05) is 49.4 Å². The van der Waals surface area contributed by atoms with Gasteiger partial charge < -0.3 is 14.2 Å². The number of rotatable bonds is 5. The van der Waals surface area contributed by atoms with Crippen LogP contribution in [0.5, 0.6) is 0 Å². The van der Waals surface area contributed by atoms with Crippen molar-refractivity contribution in [3.05, 3.63) is 59.0 Å². The van der Waals surface area contributed by atoms with E-state index in [1.54, 1.807) is 37.6 Å². The van der Waals surface area contributed by atoms with E-state index in [-0.39, 0.29) is 11.8 Å². The number of pyridine rings is 1. The Bertz CT molecular complexity index is 972. The van der Waals surface area contributed by atoms with E-state index in [9.17, 15) is 4.79 Å². The molecule has 3 heterocycles. The second kappa shape index (κ2) is 7.66. The summed E-state index contributed by atoms with van der Waals surface area (Å²) in [5.74, 6) is 1.17. The third-order valence-corrected chi connectivity index (χ3v) is 5.20. The van der Waals surface area contributed by atoms with Crippen LogP contribution in [-0.4, -0.2) is 52.1 Å². The van der Waals surface area contributed by atoms with Gasteiger partial charge in [0.1, 0.15) is 11.3 Å². The van der Waals surface area contributed by atoms with Gasteiger partial charge >= 0.3 is 0 Å². The van der Waals surface area contributed by atoms with Crippen molar-refractivity contribution in [1.82, 2.24) is 19.4 Å². The molecule has 3 aromatic rings. The van der Waals surface area contributed by atoms with Crippen molar-refractivity contribution in [2.45, 2.75) is 18.9 Å². The summed E-state index contributed by atoms with van der Waals surface area (Å²) in [6.07, 6.45) is 2.66. The summed E-state index contributed by atoms with van der Waals surface area (Å²) in [4.78, 5) is 24.0. The molecule has 6 nitrogen and oxygen atoms in total. The van der Waals surface area contributed by atoms with Crippen molar-refractivity contribution in [3.63, 3.8) is 0 Å². The van der Waals surface area contributed by atoms with E-state index in [0.717, 1.165) is 23.4 Å². The van der Waals surface area contributed by atoms with Crippen LogP contribution in [-0.2, 0) is 11.3 Å². The minimum atomic E-state index is 0.0117. The lowest BCUT2D eigenvalue weighted by Gasteiger charge is -2.17. The number of methoxy groups -OCH3 is 1. The van der Waals surface area contributed by atoms with Gasteiger partial charge in [-0.05, 0) is 36.8 Å². The number of hydrogen-bond donors (Lipinski definition) is 0. The van der Waals surface area contributed by atoms with E-state index in [2.05, 4.69) is 9.55 Å². The van der Waals surface area contributed by atoms with Gasteiger partial charge in [0.2, 0.25) is 0 Å². The largest absolute Gasteiger partial charge is 0.383 e. The molecule has 1 aliphatic rings. The molecule has 0 bridgehead atoms. The Morgan fingerprint density at radius 3 is 3.04 bits per heavy atom. The number of imidazole rings is 1. The lowest BCUT2D eigenvalue weighted by atomic mass is 10.1. The molecule has 2 aromatic heterocycles. The highest BCUT2D eigenvalue weighted by Gasteiger charge is 2.31. The molecular weight excluding hydrogens is 364 g/mol. The van der Waals surface area contributed by atoms with Crippen LogP contribution in [0.15, 0.2) is 42.6 Å². The molecule has 1 saturated heterocycles. The average Bonchev–Trinajstić information content (AvgIpc) is 3.30. The first-order valence-corrected chi connectivity index (χ1v) is 9.40. The van der Waals surface area contributed by atoms with Crippen molar-refractivity contribution < 1.29 is 9.53 Å². The highest BCUT2D eigenvalue weighted by Crippen LogP contribution is 2.30. The van der Waals surface area contributed by atoms with Gasteiger partial charge in [0.15, 0.2) is 5.65 Å². The molecule has 0 spiro atoms. The van der Waals surface area contributed by atoms with Crippen molar-refractivity contribution in [2.75, 3.05) is 26.8 Å². The standard InChI is InChI=1S/C20H21ClN4O2/c1-27-11-10-25-18(23-17-6-3-8-22-19(17)25)15-7-9-24(13-15)20(26)14-4-2-5-16(21)12-14/h2-6,8,12,15H,7,9-11,13H2,1H3. The molecule has 7 heteroatoms. The van der Waals surface area contributed by atoms with Gasteiger partial charge in [0.25, 0.3) is 5.91 Å². The van der Waals surface area contributed by atoms with Gasteiger partial charge in [-0.25, -0.2) is 9.97 Å². The van der Waals surface area contributed by atoms with Crippen molar-refractivity contribution in [2.24, 2.45) is 0 Å². The number of halogens is 1. The van der Waals surface area contributed by atoms with Crippen LogP contribution in [0.1, 0.15) is 28.5 Å². The quantitative estimate of drug-likeness (QED) is 0.676. The first-order chi connectivity index (χ1) is 13.2. The molecule has 0 aliphatic carbocycles. The van der Waals surface area contributed by atoms with Crippen LogP contribution in [0, 0.1) is 0 Å². The summed E-state index contributed by atoms with van der Waals surface area (Å²) in [6.45, 7) is 2.63. The molecule has 4 rings (SSSR count). The number of likely N-dealkylation sites (tertiary alicyclic amines) is 1. The van der Waals surface area contributed by atoms with E-state index in [1.165, 1.54) is 0 Å². The first-order valence-electron chi connectivity index (χ1n) is 9.02. The Balaban J connectivity index is 1.59. The van der Waals surface area contributed by atoms with Crippen molar-refractivity contribution in [3.8, 4) is 0 Å². The summed E-state index contributed by atoms with van der Waals surface area (Å²) in [5.41, 5.74) is 2.37. The summed E-state index contributed by atoms with van der Waals surface area (Å²) in [6, 6.07) is 11.0. The monoisotopic (exact) mass is 384 g/mol. The number of nitrogens with zero attached hydrogens (tertiary/aromatic N) is 4. The molecule has 1 amide bonds. The zero-order valence-corrected chi connectivity index (χ0v) is 15.9. The predicted octanol–water partition coefficient (Wildman–Crippen LogP) is 3.36. The molecule has 1 aromatic carbocycles. The maximum atomic E-state index is 12.8. The van der Waals surface area contributed by atoms with Gasteiger partial charge in [0.05, 0.1) is 6.61 Å². The van der Waals surface area contributed by atoms with Crippen LogP contribution in [0.3, 0.4) is 0 Å². The van der Waals surface area contributed by atoms with Crippen LogP contribution >= 0.6 is 11.6 Å². The van der Waals surface area contributed by atoms with Gasteiger partial charge in [-0.2, -0.15) is 0 Å². The first kappa shape index (κ1) is 17.9. The van der Waals surface area contributed by atoms with Crippen molar-refractivity contribution in [1.29, 1.82) is 0 Å². The Hall–Kier alpha value is -2.44. The second-order valence-electron chi connectivity index (χ2n) is 6.71. The predicted molar refractivity (Wildman–Crippen MR) is 104 cm³/mol. The SMILES string of the molecule is COCCn1c(C2CCN(C(=O)c3cccc(Cl)c3)C2)nc2cccnc21. The molecule has 1 unspecified atom stereocenters. The van der Waals surface area contributed by atoms with E-state index in [1.807, 2.05) is 17.0 Å². The highest BCUT2D eigenvalue weighted by atomic mass is 35.5. The Kier molecular flexibility index (Phi) is 5.09. The van der Waals surface area contributed by atoms with Gasteiger partial charge in [-0.15, -0.1) is 0 Å². The molecule has 27 heavy (non-hydrogen) atoms. The third kappa shape index (κ3) is 3.55. The highest BCUT2D eigenvalue weighted by molar-refractivity contribution is 6.30. The smallest absolute Gasteiger partial charge is 0.253 e. The lowest BCUT2D eigenvalue weighted by molar-refractivity contribution is 0.0790. The minimum absolute atomic E-state index is 0.0117. The minimum Gasteiger partial charge on any atom is -0.383 e. The number of amides is 1. The Labute approximate surface area is 162 Å².